The van der Waals surface area contributed by atoms with Crippen molar-refractivity contribution in [2.75, 3.05) is 13.7 Å². The summed E-state index contributed by atoms with van der Waals surface area (Å²) < 4.78 is 15.9. The zero-order valence-corrected chi connectivity index (χ0v) is 14.7. The molecule has 2 heterocycles. The second-order valence-electron chi connectivity index (χ2n) is 5.43. The van der Waals surface area contributed by atoms with Crippen molar-refractivity contribution < 1.29 is 18.7 Å². The maximum absolute atomic E-state index is 12.7. The third-order valence-electron chi connectivity index (χ3n) is 3.64. The normalized spacial score (nSPS) is 10.4. The molecule has 130 valence electrons. The van der Waals surface area contributed by atoms with Crippen molar-refractivity contribution in [2.24, 2.45) is 0 Å². The summed E-state index contributed by atoms with van der Waals surface area (Å²) in [7, 11) is 1.60. The standard InChI is InChI=1S/C19H19NO4S/c1-22-16-4-2-5-17(10-16)24-14-19(21)20(11-15-7-8-23-13-15)12-18-6-3-9-25-18/h2-10,13H,11-12,14H2,1H3. The Morgan fingerprint density at radius 2 is 2.04 bits per heavy atom. The monoisotopic (exact) mass is 357 g/mol. The Balaban J connectivity index is 1.65. The predicted molar refractivity (Wildman–Crippen MR) is 95.8 cm³/mol. The molecule has 5 nitrogen and oxygen atoms in total. The van der Waals surface area contributed by atoms with Crippen LogP contribution in [0.2, 0.25) is 0 Å². The average molecular weight is 357 g/mol. The number of nitrogens with zero attached hydrogens (tertiary/aromatic N) is 1. The maximum Gasteiger partial charge on any atom is 0.261 e. The number of rotatable bonds is 8. The van der Waals surface area contributed by atoms with Gasteiger partial charge in [0, 0.05) is 23.1 Å². The zero-order valence-electron chi connectivity index (χ0n) is 13.9. The highest BCUT2D eigenvalue weighted by Gasteiger charge is 2.16. The van der Waals surface area contributed by atoms with Gasteiger partial charge >= 0.3 is 0 Å². The van der Waals surface area contributed by atoms with Crippen molar-refractivity contribution in [3.63, 3.8) is 0 Å². The molecule has 2 aromatic heterocycles. The van der Waals surface area contributed by atoms with Crippen LogP contribution < -0.4 is 9.47 Å². The molecule has 1 amide bonds. The molecule has 0 aliphatic carbocycles. The summed E-state index contributed by atoms with van der Waals surface area (Å²) in [4.78, 5) is 15.6. The van der Waals surface area contributed by atoms with Crippen molar-refractivity contribution in [3.05, 3.63) is 70.8 Å². The van der Waals surface area contributed by atoms with E-state index < -0.39 is 0 Å². The molecule has 0 radical (unpaired) electrons. The molecule has 25 heavy (non-hydrogen) atoms. The van der Waals surface area contributed by atoms with Gasteiger partial charge in [0.2, 0.25) is 0 Å². The Morgan fingerprint density at radius 3 is 2.76 bits per heavy atom. The van der Waals surface area contributed by atoms with Crippen molar-refractivity contribution in [1.82, 2.24) is 4.90 Å². The largest absolute Gasteiger partial charge is 0.497 e. The average Bonchev–Trinajstić information content (AvgIpc) is 3.33. The van der Waals surface area contributed by atoms with Crippen LogP contribution >= 0.6 is 11.3 Å². The number of hydrogen-bond donors (Lipinski definition) is 0. The lowest BCUT2D eigenvalue weighted by Crippen LogP contribution is -2.33. The molecule has 3 rings (SSSR count). The summed E-state index contributed by atoms with van der Waals surface area (Å²) in [6.07, 6.45) is 3.26. The van der Waals surface area contributed by atoms with Crippen LogP contribution in [0.25, 0.3) is 0 Å². The van der Waals surface area contributed by atoms with Crippen LogP contribution in [0.5, 0.6) is 11.5 Å². The van der Waals surface area contributed by atoms with Gasteiger partial charge in [-0.15, -0.1) is 11.3 Å². The van der Waals surface area contributed by atoms with E-state index in [2.05, 4.69) is 0 Å². The Morgan fingerprint density at radius 1 is 1.16 bits per heavy atom. The molecule has 0 saturated carbocycles. The summed E-state index contributed by atoms with van der Waals surface area (Å²) in [6.45, 7) is 0.994. The molecule has 0 aliphatic heterocycles. The number of furan rings is 1. The molecular weight excluding hydrogens is 338 g/mol. The SMILES string of the molecule is COc1cccc(OCC(=O)N(Cc2ccoc2)Cc2cccs2)c1. The van der Waals surface area contributed by atoms with E-state index >= 15 is 0 Å². The molecule has 0 spiro atoms. The van der Waals surface area contributed by atoms with Crippen LogP contribution in [-0.4, -0.2) is 24.5 Å². The van der Waals surface area contributed by atoms with Gasteiger partial charge in [-0.05, 0) is 29.6 Å². The number of benzene rings is 1. The molecule has 0 saturated heterocycles. The number of hydrogen-bond acceptors (Lipinski definition) is 5. The van der Waals surface area contributed by atoms with E-state index in [0.717, 1.165) is 10.4 Å². The van der Waals surface area contributed by atoms with Gasteiger partial charge in [-0.3, -0.25) is 4.79 Å². The van der Waals surface area contributed by atoms with E-state index in [1.54, 1.807) is 48.0 Å². The lowest BCUT2D eigenvalue weighted by atomic mass is 10.3. The van der Waals surface area contributed by atoms with Crippen LogP contribution in [-0.2, 0) is 17.9 Å². The lowest BCUT2D eigenvalue weighted by Gasteiger charge is -2.21. The van der Waals surface area contributed by atoms with E-state index in [9.17, 15) is 4.79 Å². The summed E-state index contributed by atoms with van der Waals surface area (Å²) in [5.74, 6) is 1.21. The van der Waals surface area contributed by atoms with Crippen LogP contribution in [0.4, 0.5) is 0 Å². The Hall–Kier alpha value is -2.73. The van der Waals surface area contributed by atoms with Crippen LogP contribution in [0, 0.1) is 0 Å². The summed E-state index contributed by atoms with van der Waals surface area (Å²) >= 11 is 1.63. The number of carbonyl (C=O) groups is 1. The van der Waals surface area contributed by atoms with Gasteiger partial charge in [0.15, 0.2) is 6.61 Å². The van der Waals surface area contributed by atoms with Gasteiger partial charge in [-0.1, -0.05) is 12.1 Å². The minimum Gasteiger partial charge on any atom is -0.497 e. The molecular formula is C19H19NO4S. The van der Waals surface area contributed by atoms with Gasteiger partial charge in [0.25, 0.3) is 5.91 Å². The predicted octanol–water partition coefficient (Wildman–Crippen LogP) is 3.96. The fourth-order valence-electron chi connectivity index (χ4n) is 2.35. The highest BCUT2D eigenvalue weighted by atomic mass is 32.1. The fraction of sp³-hybridized carbons (Fsp3) is 0.211. The molecule has 6 heteroatoms. The minimum absolute atomic E-state index is 0.0314. The van der Waals surface area contributed by atoms with Crippen LogP contribution in [0.1, 0.15) is 10.4 Å². The molecule has 1 aromatic carbocycles. The molecule has 0 unspecified atom stereocenters. The first-order valence-corrected chi connectivity index (χ1v) is 8.70. The van der Waals surface area contributed by atoms with E-state index in [-0.39, 0.29) is 12.5 Å². The third-order valence-corrected chi connectivity index (χ3v) is 4.50. The zero-order chi connectivity index (χ0) is 17.5. The van der Waals surface area contributed by atoms with Gasteiger partial charge < -0.3 is 18.8 Å². The highest BCUT2D eigenvalue weighted by molar-refractivity contribution is 7.09. The van der Waals surface area contributed by atoms with E-state index in [0.29, 0.717) is 24.6 Å². The van der Waals surface area contributed by atoms with Crippen molar-refractivity contribution in [1.29, 1.82) is 0 Å². The summed E-state index contributed by atoms with van der Waals surface area (Å²) in [5, 5.41) is 2.00. The van der Waals surface area contributed by atoms with Crippen molar-refractivity contribution >= 4 is 17.2 Å². The maximum atomic E-state index is 12.7. The summed E-state index contributed by atoms with van der Waals surface area (Å²) in [6, 6.07) is 13.1. The summed E-state index contributed by atoms with van der Waals surface area (Å²) in [5.41, 5.74) is 0.950. The Kier molecular flexibility index (Phi) is 5.74. The van der Waals surface area contributed by atoms with Gasteiger partial charge in [0.1, 0.15) is 11.5 Å². The van der Waals surface area contributed by atoms with Crippen LogP contribution in [0.3, 0.4) is 0 Å². The topological polar surface area (TPSA) is 51.9 Å². The quantitative estimate of drug-likeness (QED) is 0.612. The Bertz CT molecular complexity index is 747. The van der Waals surface area contributed by atoms with Gasteiger partial charge in [-0.25, -0.2) is 0 Å². The van der Waals surface area contributed by atoms with Crippen LogP contribution in [0.15, 0.2) is 64.8 Å². The highest BCUT2D eigenvalue weighted by Crippen LogP contribution is 2.20. The van der Waals surface area contributed by atoms with Crippen molar-refractivity contribution in [3.8, 4) is 11.5 Å². The smallest absolute Gasteiger partial charge is 0.261 e. The molecule has 0 aliphatic rings. The molecule has 0 fully saturated rings. The fourth-order valence-corrected chi connectivity index (χ4v) is 3.07. The Labute approximate surface area is 150 Å². The number of carbonyl (C=O) groups excluding carboxylic acids is 1. The lowest BCUT2D eigenvalue weighted by molar-refractivity contribution is -0.134. The number of methoxy groups -OCH3 is 1. The molecule has 3 aromatic rings. The van der Waals surface area contributed by atoms with E-state index in [4.69, 9.17) is 13.9 Å². The number of amides is 1. The first-order valence-electron chi connectivity index (χ1n) is 7.82. The van der Waals surface area contributed by atoms with Gasteiger partial charge in [-0.2, -0.15) is 0 Å². The number of ether oxygens (including phenoxy) is 2. The van der Waals surface area contributed by atoms with E-state index in [1.165, 1.54) is 0 Å². The molecule has 0 atom stereocenters. The number of thiophene rings is 1. The third kappa shape index (κ3) is 4.87. The molecule has 0 bridgehead atoms. The first-order chi connectivity index (χ1) is 12.2. The minimum atomic E-state index is -0.0857. The second kappa shape index (κ2) is 8.39. The van der Waals surface area contributed by atoms with Crippen molar-refractivity contribution in [2.45, 2.75) is 13.1 Å². The van der Waals surface area contributed by atoms with E-state index in [1.807, 2.05) is 35.7 Å². The second-order valence-corrected chi connectivity index (χ2v) is 6.46. The molecule has 0 N–H and O–H groups in total. The first kappa shape index (κ1) is 17.1. The van der Waals surface area contributed by atoms with Gasteiger partial charge in [0.05, 0.1) is 26.2 Å².